The summed E-state index contributed by atoms with van der Waals surface area (Å²) in [4.78, 5) is 0. The molecule has 1 nitrogen and oxygen atoms in total. The zero-order chi connectivity index (χ0) is 18.8. The summed E-state index contributed by atoms with van der Waals surface area (Å²) in [7, 11) is 2.11. The molecular formula is C25H30N+. The number of hydrogen-bond donors (Lipinski definition) is 0. The zero-order valence-corrected chi connectivity index (χ0v) is 16.9. The summed E-state index contributed by atoms with van der Waals surface area (Å²) in [5, 5.41) is 0. The van der Waals surface area contributed by atoms with Gasteiger partial charge in [0.25, 0.3) is 0 Å². The van der Waals surface area contributed by atoms with Gasteiger partial charge < -0.3 is 0 Å². The number of benzene rings is 2. The van der Waals surface area contributed by atoms with Gasteiger partial charge in [-0.05, 0) is 58.7 Å². The topological polar surface area (TPSA) is 3.88 Å². The van der Waals surface area contributed by atoms with Gasteiger partial charge in [-0.2, -0.15) is 0 Å². The van der Waals surface area contributed by atoms with Crippen molar-refractivity contribution in [3.8, 4) is 22.4 Å². The van der Waals surface area contributed by atoms with Crippen molar-refractivity contribution in [2.45, 2.75) is 46.5 Å². The second kappa shape index (κ2) is 7.45. The van der Waals surface area contributed by atoms with E-state index in [-0.39, 0.29) is 0 Å². The number of hydrogen-bond acceptors (Lipinski definition) is 0. The third-order valence-electron chi connectivity index (χ3n) is 5.21. The highest BCUT2D eigenvalue weighted by Crippen LogP contribution is 2.32. The Balaban J connectivity index is 2.16. The monoisotopic (exact) mass is 344 g/mol. The van der Waals surface area contributed by atoms with Gasteiger partial charge in [-0.25, -0.2) is 4.57 Å². The molecule has 3 aromatic rings. The van der Waals surface area contributed by atoms with Crippen LogP contribution < -0.4 is 4.57 Å². The Kier molecular flexibility index (Phi) is 5.27. The summed E-state index contributed by atoms with van der Waals surface area (Å²) in [5.74, 6) is 1.06. The van der Waals surface area contributed by atoms with E-state index in [1.807, 2.05) is 0 Å². The lowest BCUT2D eigenvalue weighted by Crippen LogP contribution is -2.30. The highest BCUT2D eigenvalue weighted by atomic mass is 14.9. The number of pyridine rings is 1. The zero-order valence-electron chi connectivity index (χ0n) is 16.9. The lowest BCUT2D eigenvalue weighted by molar-refractivity contribution is -0.660. The molecule has 0 saturated carbocycles. The first-order chi connectivity index (χ1) is 12.4. The van der Waals surface area contributed by atoms with Gasteiger partial charge >= 0.3 is 0 Å². The molecule has 1 heteroatoms. The maximum atomic E-state index is 2.37. The lowest BCUT2D eigenvalue weighted by atomic mass is 9.89. The average molecular weight is 345 g/mol. The molecule has 0 bridgehead atoms. The molecule has 0 aliphatic heterocycles. The summed E-state index contributed by atoms with van der Waals surface area (Å²) in [6.45, 7) is 11.3. The molecule has 26 heavy (non-hydrogen) atoms. The summed E-state index contributed by atoms with van der Waals surface area (Å²) in [6, 6.07) is 20.3. The molecule has 2 aromatic carbocycles. The van der Waals surface area contributed by atoms with Gasteiger partial charge in [0.15, 0.2) is 6.20 Å². The van der Waals surface area contributed by atoms with E-state index in [0.29, 0.717) is 11.8 Å². The quantitative estimate of drug-likeness (QED) is 0.482. The van der Waals surface area contributed by atoms with Crippen LogP contribution in [0.4, 0.5) is 0 Å². The Morgan fingerprint density at radius 3 is 1.96 bits per heavy atom. The van der Waals surface area contributed by atoms with E-state index < -0.39 is 0 Å². The Bertz CT molecular complexity index is 893. The van der Waals surface area contributed by atoms with Crippen molar-refractivity contribution in [3.05, 3.63) is 77.5 Å². The molecule has 0 atom stereocenters. The van der Waals surface area contributed by atoms with E-state index in [4.69, 9.17) is 0 Å². The molecule has 0 N–H and O–H groups in total. The Labute approximate surface area is 158 Å². The van der Waals surface area contributed by atoms with Crippen LogP contribution in [-0.4, -0.2) is 0 Å². The highest BCUT2D eigenvalue weighted by Gasteiger charge is 2.14. The molecule has 0 aliphatic rings. The molecule has 0 radical (unpaired) electrons. The fourth-order valence-electron chi connectivity index (χ4n) is 3.39. The van der Waals surface area contributed by atoms with E-state index in [9.17, 15) is 0 Å². The first kappa shape index (κ1) is 18.4. The predicted molar refractivity (Wildman–Crippen MR) is 111 cm³/mol. The predicted octanol–water partition coefficient (Wildman–Crippen LogP) is 6.40. The van der Waals surface area contributed by atoms with Crippen LogP contribution in [-0.2, 0) is 7.05 Å². The second-order valence-corrected chi connectivity index (χ2v) is 7.92. The van der Waals surface area contributed by atoms with Crippen molar-refractivity contribution < 1.29 is 4.57 Å². The summed E-state index contributed by atoms with van der Waals surface area (Å²) in [6.07, 6.45) is 2.11. The molecule has 0 fully saturated rings. The molecule has 0 spiro atoms. The van der Waals surface area contributed by atoms with E-state index in [1.54, 1.807) is 0 Å². The lowest BCUT2D eigenvalue weighted by Gasteiger charge is -2.15. The smallest absolute Gasteiger partial charge is 0.201 e. The van der Waals surface area contributed by atoms with Crippen molar-refractivity contribution in [1.82, 2.24) is 0 Å². The molecule has 134 valence electrons. The van der Waals surface area contributed by atoms with Crippen molar-refractivity contribution in [3.63, 3.8) is 0 Å². The highest BCUT2D eigenvalue weighted by molar-refractivity contribution is 5.73. The summed E-state index contributed by atoms with van der Waals surface area (Å²) < 4.78 is 2.19. The van der Waals surface area contributed by atoms with Crippen LogP contribution in [0.5, 0.6) is 0 Å². The fraction of sp³-hybridized carbons (Fsp3) is 0.320. The van der Waals surface area contributed by atoms with Gasteiger partial charge in [0.05, 0.1) is 0 Å². The summed E-state index contributed by atoms with van der Waals surface area (Å²) >= 11 is 0. The summed E-state index contributed by atoms with van der Waals surface area (Å²) in [5.41, 5.74) is 9.29. The van der Waals surface area contributed by atoms with Gasteiger partial charge in [-0.15, -0.1) is 0 Å². The Morgan fingerprint density at radius 2 is 1.38 bits per heavy atom. The van der Waals surface area contributed by atoms with Gasteiger partial charge in [0.1, 0.15) is 7.05 Å². The van der Waals surface area contributed by atoms with Crippen LogP contribution in [0.1, 0.15) is 56.2 Å². The molecule has 1 aromatic heterocycles. The van der Waals surface area contributed by atoms with Crippen molar-refractivity contribution in [2.24, 2.45) is 7.05 Å². The largest absolute Gasteiger partial charge is 0.212 e. The van der Waals surface area contributed by atoms with E-state index in [0.717, 1.165) is 0 Å². The van der Waals surface area contributed by atoms with Crippen LogP contribution in [0.15, 0.2) is 60.8 Å². The Hall–Kier alpha value is -2.41. The third kappa shape index (κ3) is 3.72. The van der Waals surface area contributed by atoms with Gasteiger partial charge in [0.2, 0.25) is 5.69 Å². The molecule has 1 heterocycles. The van der Waals surface area contributed by atoms with Crippen LogP contribution >= 0.6 is 0 Å². The average Bonchev–Trinajstić information content (AvgIpc) is 2.62. The molecule has 0 amide bonds. The minimum Gasteiger partial charge on any atom is -0.201 e. The number of rotatable bonds is 4. The SMILES string of the molecule is Cc1ccc(-c2cc(C(C)C)cc(C(C)C)c2)cc1-c1cccc[n+]1C. The molecular weight excluding hydrogens is 314 g/mol. The van der Waals surface area contributed by atoms with Gasteiger partial charge in [0, 0.05) is 17.7 Å². The standard InChI is InChI=1S/C25H30N/c1-17(2)21-13-22(18(3)4)15-23(14-21)20-11-10-19(5)24(16-20)25-9-7-8-12-26(25)6/h7-18H,1-6H3/q+1. The minimum absolute atomic E-state index is 0.532. The van der Waals surface area contributed by atoms with Crippen LogP contribution in [0, 0.1) is 6.92 Å². The van der Waals surface area contributed by atoms with Crippen LogP contribution in [0.2, 0.25) is 0 Å². The minimum atomic E-state index is 0.532. The molecule has 0 saturated heterocycles. The molecule has 3 rings (SSSR count). The van der Waals surface area contributed by atoms with Gasteiger partial charge in [-0.1, -0.05) is 58.0 Å². The van der Waals surface area contributed by atoms with Crippen molar-refractivity contribution in [1.29, 1.82) is 0 Å². The van der Waals surface area contributed by atoms with Crippen molar-refractivity contribution in [2.75, 3.05) is 0 Å². The fourth-order valence-corrected chi connectivity index (χ4v) is 3.39. The third-order valence-corrected chi connectivity index (χ3v) is 5.21. The van der Waals surface area contributed by atoms with E-state index in [2.05, 4.69) is 107 Å². The number of aryl methyl sites for hydroxylation is 2. The van der Waals surface area contributed by atoms with Gasteiger partial charge in [-0.3, -0.25) is 0 Å². The number of aromatic nitrogens is 1. The number of nitrogens with zero attached hydrogens (tertiary/aromatic N) is 1. The van der Waals surface area contributed by atoms with E-state index >= 15 is 0 Å². The molecule has 0 aliphatic carbocycles. The second-order valence-electron chi connectivity index (χ2n) is 7.92. The maximum absolute atomic E-state index is 2.37. The van der Waals surface area contributed by atoms with E-state index in [1.165, 1.54) is 39.1 Å². The Morgan fingerprint density at radius 1 is 0.731 bits per heavy atom. The van der Waals surface area contributed by atoms with Crippen molar-refractivity contribution >= 4 is 0 Å². The first-order valence-electron chi connectivity index (χ1n) is 9.57. The first-order valence-corrected chi connectivity index (χ1v) is 9.57. The maximum Gasteiger partial charge on any atom is 0.212 e. The van der Waals surface area contributed by atoms with Crippen LogP contribution in [0.25, 0.3) is 22.4 Å². The molecule has 0 unspecified atom stereocenters. The van der Waals surface area contributed by atoms with Crippen LogP contribution in [0.3, 0.4) is 0 Å². The normalized spacial score (nSPS) is 11.4.